The molecule has 5 nitrogen and oxygen atoms in total. The van der Waals surface area contributed by atoms with Crippen LogP contribution in [0.15, 0.2) is 24.3 Å². The highest BCUT2D eigenvalue weighted by molar-refractivity contribution is 5.96. The van der Waals surface area contributed by atoms with Gasteiger partial charge in [-0.1, -0.05) is 12.1 Å². The van der Waals surface area contributed by atoms with Crippen molar-refractivity contribution in [2.75, 3.05) is 26.2 Å². The van der Waals surface area contributed by atoms with E-state index in [-0.39, 0.29) is 17.1 Å². The van der Waals surface area contributed by atoms with Gasteiger partial charge in [0.15, 0.2) is 0 Å². The Morgan fingerprint density at radius 1 is 0.857 bits per heavy atom. The zero-order valence-electron chi connectivity index (χ0n) is 16.5. The van der Waals surface area contributed by atoms with Crippen molar-refractivity contribution in [1.82, 2.24) is 9.80 Å². The minimum atomic E-state index is -0.137. The van der Waals surface area contributed by atoms with Gasteiger partial charge in [0.2, 0.25) is 5.91 Å². The Hall–Kier alpha value is -2.04. The van der Waals surface area contributed by atoms with Crippen molar-refractivity contribution in [1.29, 1.82) is 0 Å². The van der Waals surface area contributed by atoms with Gasteiger partial charge in [0, 0.05) is 26.2 Å². The van der Waals surface area contributed by atoms with Crippen molar-refractivity contribution in [2.24, 2.45) is 23.2 Å². The van der Waals surface area contributed by atoms with Crippen LogP contribution < -0.4 is 0 Å². The number of rotatable bonds is 2. The molecule has 5 aliphatic rings. The molecule has 1 heterocycles. The van der Waals surface area contributed by atoms with E-state index in [9.17, 15) is 14.7 Å². The fourth-order valence-corrected chi connectivity index (χ4v) is 6.86. The molecule has 4 aliphatic carbocycles. The SMILES string of the molecule is O=C(c1ccccc1O)N1CCCN(C(=O)C23CC4CC(CC(C4)C2)C3)CC1. The van der Waals surface area contributed by atoms with Crippen LogP contribution in [0.1, 0.15) is 55.3 Å². The third-order valence-electron chi connectivity index (χ3n) is 7.70. The summed E-state index contributed by atoms with van der Waals surface area (Å²) >= 11 is 0. The average Bonchev–Trinajstić information content (AvgIpc) is 2.92. The summed E-state index contributed by atoms with van der Waals surface area (Å²) in [5.41, 5.74) is 0.245. The maximum atomic E-state index is 13.6. The highest BCUT2D eigenvalue weighted by atomic mass is 16.3. The first-order valence-electron chi connectivity index (χ1n) is 10.9. The van der Waals surface area contributed by atoms with Gasteiger partial charge in [-0.15, -0.1) is 0 Å². The van der Waals surface area contributed by atoms with Crippen LogP contribution in [0.3, 0.4) is 0 Å². The Bertz CT molecular complexity index is 755. The second-order valence-electron chi connectivity index (χ2n) is 9.65. The number of para-hydroxylation sites is 1. The number of carbonyl (C=O) groups is 2. The van der Waals surface area contributed by atoms with E-state index in [0.717, 1.165) is 50.0 Å². The van der Waals surface area contributed by atoms with Crippen molar-refractivity contribution in [3.8, 4) is 5.75 Å². The molecule has 0 unspecified atom stereocenters. The zero-order chi connectivity index (χ0) is 19.3. The molecule has 5 fully saturated rings. The van der Waals surface area contributed by atoms with Crippen LogP contribution in [-0.4, -0.2) is 52.9 Å². The number of phenolic OH excluding ortho intramolecular Hbond substituents is 1. The molecule has 0 spiro atoms. The lowest BCUT2D eigenvalue weighted by molar-refractivity contribution is -0.157. The summed E-state index contributed by atoms with van der Waals surface area (Å²) in [6, 6.07) is 6.71. The smallest absolute Gasteiger partial charge is 0.257 e. The van der Waals surface area contributed by atoms with Gasteiger partial charge in [-0.3, -0.25) is 9.59 Å². The van der Waals surface area contributed by atoms with Crippen LogP contribution >= 0.6 is 0 Å². The first kappa shape index (κ1) is 18.0. The van der Waals surface area contributed by atoms with Crippen LogP contribution in [0.25, 0.3) is 0 Å². The third kappa shape index (κ3) is 2.99. The second-order valence-corrected chi connectivity index (χ2v) is 9.65. The minimum absolute atomic E-state index is 0.0262. The molecule has 0 atom stereocenters. The second kappa shape index (κ2) is 6.78. The summed E-state index contributed by atoms with van der Waals surface area (Å²) < 4.78 is 0. The van der Waals surface area contributed by atoms with E-state index in [4.69, 9.17) is 0 Å². The number of nitrogens with zero attached hydrogens (tertiary/aromatic N) is 2. The number of hydrogen-bond acceptors (Lipinski definition) is 3. The van der Waals surface area contributed by atoms with Gasteiger partial charge in [0.05, 0.1) is 11.0 Å². The number of benzene rings is 1. The molecule has 6 rings (SSSR count). The molecule has 4 bridgehead atoms. The van der Waals surface area contributed by atoms with E-state index < -0.39 is 0 Å². The van der Waals surface area contributed by atoms with E-state index in [1.165, 1.54) is 19.3 Å². The van der Waals surface area contributed by atoms with E-state index in [0.29, 0.717) is 31.1 Å². The average molecular weight is 383 g/mol. The van der Waals surface area contributed by atoms with Crippen LogP contribution in [0.5, 0.6) is 5.75 Å². The molecule has 1 aliphatic heterocycles. The van der Waals surface area contributed by atoms with E-state index in [2.05, 4.69) is 0 Å². The molecular formula is C23H30N2O3. The molecular weight excluding hydrogens is 352 g/mol. The van der Waals surface area contributed by atoms with Crippen molar-refractivity contribution in [2.45, 2.75) is 44.9 Å². The Balaban J connectivity index is 1.28. The summed E-state index contributed by atoms with van der Waals surface area (Å²) in [4.78, 5) is 30.3. The van der Waals surface area contributed by atoms with Crippen LogP contribution in [0.4, 0.5) is 0 Å². The summed E-state index contributed by atoms with van der Waals surface area (Å²) in [5, 5.41) is 10.0. The lowest BCUT2D eigenvalue weighted by Crippen LogP contribution is -2.55. The van der Waals surface area contributed by atoms with Crippen LogP contribution in [-0.2, 0) is 4.79 Å². The summed E-state index contributed by atoms with van der Waals surface area (Å²) in [7, 11) is 0. The van der Waals surface area contributed by atoms with E-state index in [1.54, 1.807) is 29.2 Å². The quantitative estimate of drug-likeness (QED) is 0.854. The Labute approximate surface area is 166 Å². The van der Waals surface area contributed by atoms with Gasteiger partial charge >= 0.3 is 0 Å². The van der Waals surface area contributed by atoms with Crippen LogP contribution in [0, 0.1) is 23.2 Å². The van der Waals surface area contributed by atoms with Gasteiger partial charge in [0.25, 0.3) is 5.91 Å². The molecule has 1 aromatic carbocycles. The number of phenols is 1. The van der Waals surface area contributed by atoms with Gasteiger partial charge in [-0.2, -0.15) is 0 Å². The molecule has 0 radical (unpaired) electrons. The molecule has 0 aromatic heterocycles. The minimum Gasteiger partial charge on any atom is -0.507 e. The van der Waals surface area contributed by atoms with Gasteiger partial charge in [-0.25, -0.2) is 0 Å². The van der Waals surface area contributed by atoms with Gasteiger partial charge in [-0.05, 0) is 74.8 Å². The number of hydrogen-bond donors (Lipinski definition) is 1. The molecule has 1 aromatic rings. The van der Waals surface area contributed by atoms with E-state index >= 15 is 0 Å². The lowest BCUT2D eigenvalue weighted by Gasteiger charge is -2.56. The number of carbonyl (C=O) groups excluding carboxylic acids is 2. The predicted molar refractivity (Wildman–Crippen MR) is 106 cm³/mol. The van der Waals surface area contributed by atoms with Crippen molar-refractivity contribution >= 4 is 11.8 Å². The lowest BCUT2D eigenvalue weighted by atomic mass is 9.49. The fraction of sp³-hybridized carbons (Fsp3) is 0.652. The maximum Gasteiger partial charge on any atom is 0.257 e. The molecule has 1 N–H and O–H groups in total. The molecule has 4 saturated carbocycles. The zero-order valence-corrected chi connectivity index (χ0v) is 16.5. The Kier molecular flexibility index (Phi) is 4.37. The number of aromatic hydroxyl groups is 1. The summed E-state index contributed by atoms with van der Waals surface area (Å²) in [5.74, 6) is 2.55. The Morgan fingerprint density at radius 3 is 2.07 bits per heavy atom. The van der Waals surface area contributed by atoms with Gasteiger partial charge < -0.3 is 14.9 Å². The van der Waals surface area contributed by atoms with E-state index in [1.807, 2.05) is 4.90 Å². The largest absolute Gasteiger partial charge is 0.507 e. The summed E-state index contributed by atoms with van der Waals surface area (Å²) in [6.07, 6.45) is 8.11. The van der Waals surface area contributed by atoms with Crippen molar-refractivity contribution in [3.63, 3.8) is 0 Å². The maximum absolute atomic E-state index is 13.6. The molecule has 2 amide bonds. The highest BCUT2D eigenvalue weighted by Crippen LogP contribution is 2.60. The van der Waals surface area contributed by atoms with Crippen molar-refractivity contribution < 1.29 is 14.7 Å². The fourth-order valence-electron chi connectivity index (χ4n) is 6.86. The topological polar surface area (TPSA) is 60.9 Å². The van der Waals surface area contributed by atoms with Crippen molar-refractivity contribution in [3.05, 3.63) is 29.8 Å². The third-order valence-corrected chi connectivity index (χ3v) is 7.70. The first-order chi connectivity index (χ1) is 13.5. The predicted octanol–water partition coefficient (Wildman–Crippen LogP) is 3.28. The monoisotopic (exact) mass is 382 g/mol. The van der Waals surface area contributed by atoms with Crippen LogP contribution in [0.2, 0.25) is 0 Å². The molecule has 1 saturated heterocycles. The Morgan fingerprint density at radius 2 is 1.43 bits per heavy atom. The standard InChI is InChI=1S/C23H30N2O3/c26-20-5-2-1-4-19(20)21(27)24-6-3-7-25(9-8-24)22(28)23-13-16-10-17(14-23)12-18(11-16)15-23/h1-2,4-5,16-18,26H,3,6-15H2. The molecule has 150 valence electrons. The number of amides is 2. The van der Waals surface area contributed by atoms with Gasteiger partial charge in [0.1, 0.15) is 5.75 Å². The molecule has 5 heteroatoms. The summed E-state index contributed by atoms with van der Waals surface area (Å²) in [6.45, 7) is 2.54. The normalized spacial score (nSPS) is 34.4. The first-order valence-corrected chi connectivity index (χ1v) is 10.9. The highest BCUT2D eigenvalue weighted by Gasteiger charge is 2.55. The molecule has 28 heavy (non-hydrogen) atoms.